The molecular formula is C35H42FN5. The summed E-state index contributed by atoms with van der Waals surface area (Å²) in [7, 11) is 1.80. The van der Waals surface area contributed by atoms with Crippen LogP contribution in [0.5, 0.6) is 0 Å². The van der Waals surface area contributed by atoms with E-state index in [1.54, 1.807) is 25.4 Å². The van der Waals surface area contributed by atoms with Crippen molar-refractivity contribution in [3.63, 3.8) is 0 Å². The van der Waals surface area contributed by atoms with E-state index < -0.39 is 0 Å². The molecule has 0 bridgehead atoms. The van der Waals surface area contributed by atoms with Crippen molar-refractivity contribution in [2.75, 3.05) is 25.5 Å². The smallest absolute Gasteiger partial charge is 0.123 e. The fourth-order valence-corrected chi connectivity index (χ4v) is 5.42. The lowest BCUT2D eigenvalue weighted by Crippen LogP contribution is -2.19. The third kappa shape index (κ3) is 8.08. The minimum absolute atomic E-state index is 0.233. The first-order chi connectivity index (χ1) is 20.0. The summed E-state index contributed by atoms with van der Waals surface area (Å²) in [5, 5.41) is 3.38. The quantitative estimate of drug-likeness (QED) is 0.275. The van der Waals surface area contributed by atoms with Crippen molar-refractivity contribution < 1.29 is 4.39 Å². The maximum atomic E-state index is 13.5. The maximum absolute atomic E-state index is 13.5. The number of halogens is 1. The Kier molecular flexibility index (Phi) is 10.7. The van der Waals surface area contributed by atoms with Crippen molar-refractivity contribution >= 4 is 11.4 Å². The third-order valence-corrected chi connectivity index (χ3v) is 7.48. The zero-order valence-electron chi connectivity index (χ0n) is 24.8. The SMILES string of the molecule is C=C(Nc1ccc(Cc2cccc(F)c2)nc1)C(=NC)C1=CC(c2cncc(CN3CCCC3)c2)CC=C1C.CC. The van der Waals surface area contributed by atoms with Crippen molar-refractivity contribution in [1.82, 2.24) is 14.9 Å². The Morgan fingerprint density at radius 3 is 2.59 bits per heavy atom. The monoisotopic (exact) mass is 551 g/mol. The van der Waals surface area contributed by atoms with Gasteiger partial charge in [0.15, 0.2) is 0 Å². The van der Waals surface area contributed by atoms with Crippen LogP contribution in [0.15, 0.2) is 102 Å². The van der Waals surface area contributed by atoms with Crippen LogP contribution in [-0.2, 0) is 13.0 Å². The molecule has 1 saturated heterocycles. The molecule has 3 aromatic rings. The van der Waals surface area contributed by atoms with Gasteiger partial charge in [0.1, 0.15) is 5.82 Å². The van der Waals surface area contributed by atoms with Crippen molar-refractivity contribution in [3.8, 4) is 0 Å². The molecule has 5 nitrogen and oxygen atoms in total. The highest BCUT2D eigenvalue weighted by Gasteiger charge is 2.21. The van der Waals surface area contributed by atoms with Crippen molar-refractivity contribution in [2.45, 2.75) is 58.9 Å². The lowest BCUT2D eigenvalue weighted by atomic mass is 9.84. The molecule has 5 rings (SSSR count). The van der Waals surface area contributed by atoms with E-state index in [9.17, 15) is 4.39 Å². The minimum atomic E-state index is -0.233. The Morgan fingerprint density at radius 2 is 1.88 bits per heavy atom. The Bertz CT molecular complexity index is 1410. The molecule has 0 saturated carbocycles. The predicted molar refractivity (Wildman–Crippen MR) is 169 cm³/mol. The lowest BCUT2D eigenvalue weighted by molar-refractivity contribution is 0.331. The van der Waals surface area contributed by atoms with E-state index in [1.165, 1.54) is 48.7 Å². The molecule has 1 fully saturated rings. The highest BCUT2D eigenvalue weighted by molar-refractivity contribution is 6.16. The Morgan fingerprint density at radius 1 is 1.07 bits per heavy atom. The fraction of sp³-hybridized carbons (Fsp3) is 0.343. The van der Waals surface area contributed by atoms with Crippen LogP contribution in [0, 0.1) is 5.82 Å². The topological polar surface area (TPSA) is 53.4 Å². The predicted octanol–water partition coefficient (Wildman–Crippen LogP) is 7.89. The molecule has 6 heteroatoms. The third-order valence-electron chi connectivity index (χ3n) is 7.48. The van der Waals surface area contributed by atoms with Crippen LogP contribution < -0.4 is 5.32 Å². The number of likely N-dealkylation sites (tertiary alicyclic amines) is 1. The highest BCUT2D eigenvalue weighted by Crippen LogP contribution is 2.33. The van der Waals surface area contributed by atoms with E-state index in [-0.39, 0.29) is 11.7 Å². The van der Waals surface area contributed by atoms with Gasteiger partial charge in [-0.3, -0.25) is 19.9 Å². The van der Waals surface area contributed by atoms with Gasteiger partial charge in [-0.2, -0.15) is 0 Å². The number of rotatable bonds is 9. The van der Waals surface area contributed by atoms with Crippen LogP contribution in [0.4, 0.5) is 10.1 Å². The number of aromatic nitrogens is 2. The molecule has 1 aromatic carbocycles. The number of aliphatic imine (C=N–C) groups is 1. The zero-order chi connectivity index (χ0) is 29.2. The average molecular weight is 552 g/mol. The van der Waals surface area contributed by atoms with Gasteiger partial charge < -0.3 is 5.32 Å². The van der Waals surface area contributed by atoms with Gasteiger partial charge in [-0.1, -0.05) is 50.8 Å². The van der Waals surface area contributed by atoms with Crippen LogP contribution in [0.2, 0.25) is 0 Å². The molecular weight excluding hydrogens is 509 g/mol. The van der Waals surface area contributed by atoms with Crippen LogP contribution >= 0.6 is 0 Å². The van der Waals surface area contributed by atoms with E-state index >= 15 is 0 Å². The van der Waals surface area contributed by atoms with Gasteiger partial charge in [0.2, 0.25) is 0 Å². The molecule has 214 valence electrons. The standard InChI is InChI=1S/C33H36FN5.C2H6/c1-23-9-10-27(28-15-26(19-36-20-28)22-39-13-4-5-14-39)18-32(23)33(35-3)24(2)38-31-12-11-30(37-21-31)17-25-7-6-8-29(34)16-25;1-2/h6-9,11-12,15-16,18-21,27,38H,2,4-5,10,13-14,17,22H2,1,3H3;1-2H3. The Balaban J connectivity index is 0.00000189. The summed E-state index contributed by atoms with van der Waals surface area (Å²) in [6.45, 7) is 13.8. The number of pyridine rings is 2. The highest BCUT2D eigenvalue weighted by atomic mass is 19.1. The molecule has 1 aliphatic heterocycles. The summed E-state index contributed by atoms with van der Waals surface area (Å²) in [4.78, 5) is 16.3. The number of benzene rings is 1. The minimum Gasteiger partial charge on any atom is -0.353 e. The molecule has 1 aliphatic carbocycles. The summed E-state index contributed by atoms with van der Waals surface area (Å²) >= 11 is 0. The Labute approximate surface area is 244 Å². The molecule has 1 atom stereocenters. The molecule has 1 unspecified atom stereocenters. The van der Waals surface area contributed by atoms with Gasteiger partial charge in [-0.25, -0.2) is 4.39 Å². The molecule has 2 aromatic heterocycles. The average Bonchev–Trinajstić information content (AvgIpc) is 3.50. The summed E-state index contributed by atoms with van der Waals surface area (Å²) in [6.07, 6.45) is 14.5. The summed E-state index contributed by atoms with van der Waals surface area (Å²) < 4.78 is 13.5. The number of anilines is 1. The van der Waals surface area contributed by atoms with E-state index in [0.717, 1.165) is 46.9 Å². The van der Waals surface area contributed by atoms with Crippen molar-refractivity contribution in [2.24, 2.45) is 4.99 Å². The number of hydrogen-bond donors (Lipinski definition) is 1. The maximum Gasteiger partial charge on any atom is 0.123 e. The Hall–Kier alpha value is -3.90. The second-order valence-electron chi connectivity index (χ2n) is 10.4. The molecule has 2 aliphatic rings. The van der Waals surface area contributed by atoms with Crippen molar-refractivity contribution in [1.29, 1.82) is 0 Å². The molecule has 0 spiro atoms. The van der Waals surface area contributed by atoms with Gasteiger partial charge in [-0.15, -0.1) is 0 Å². The number of hydrogen-bond acceptors (Lipinski definition) is 5. The summed E-state index contributed by atoms with van der Waals surface area (Å²) in [5.41, 5.74) is 8.95. The molecule has 1 N–H and O–H groups in total. The second-order valence-corrected chi connectivity index (χ2v) is 10.4. The van der Waals surface area contributed by atoms with Gasteiger partial charge in [-0.05, 0) is 85.8 Å². The van der Waals surface area contributed by atoms with E-state index in [2.05, 4.69) is 56.9 Å². The van der Waals surface area contributed by atoms with Crippen molar-refractivity contribution in [3.05, 3.63) is 125 Å². The van der Waals surface area contributed by atoms with Gasteiger partial charge in [0.25, 0.3) is 0 Å². The molecule has 41 heavy (non-hydrogen) atoms. The second kappa shape index (κ2) is 14.6. The number of allylic oxidation sites excluding steroid dienone is 4. The lowest BCUT2D eigenvalue weighted by Gasteiger charge is -2.23. The van der Waals surface area contributed by atoms with Crippen LogP contribution in [0.1, 0.15) is 68.3 Å². The van der Waals surface area contributed by atoms with Gasteiger partial charge >= 0.3 is 0 Å². The first-order valence-electron chi connectivity index (χ1n) is 14.7. The molecule has 0 amide bonds. The van der Waals surface area contributed by atoms with E-state index in [4.69, 9.17) is 0 Å². The first-order valence-corrected chi connectivity index (χ1v) is 14.7. The van der Waals surface area contributed by atoms with E-state index in [1.807, 2.05) is 44.4 Å². The summed E-state index contributed by atoms with van der Waals surface area (Å²) in [5.74, 6) is 0.00571. The first kappa shape index (κ1) is 30.1. The van der Waals surface area contributed by atoms with Gasteiger partial charge in [0.05, 0.1) is 23.3 Å². The molecule has 0 radical (unpaired) electrons. The molecule has 3 heterocycles. The van der Waals surface area contributed by atoms with Crippen LogP contribution in [-0.4, -0.2) is 40.7 Å². The number of nitrogens with one attached hydrogen (secondary N) is 1. The van der Waals surface area contributed by atoms with Crippen LogP contribution in [0.25, 0.3) is 0 Å². The fourth-order valence-electron chi connectivity index (χ4n) is 5.42. The van der Waals surface area contributed by atoms with E-state index in [0.29, 0.717) is 6.42 Å². The normalized spacial score (nSPS) is 17.3. The largest absolute Gasteiger partial charge is 0.353 e. The van der Waals surface area contributed by atoms with Gasteiger partial charge in [0, 0.05) is 49.6 Å². The number of nitrogens with zero attached hydrogens (tertiary/aromatic N) is 4. The summed E-state index contributed by atoms with van der Waals surface area (Å²) in [6, 6.07) is 12.9. The van der Waals surface area contributed by atoms with Crippen LogP contribution in [0.3, 0.4) is 0 Å². The zero-order valence-corrected chi connectivity index (χ0v) is 24.8.